The largest absolute Gasteiger partial charge is 0.497 e. The Labute approximate surface area is 129 Å². The molecule has 0 amide bonds. The van der Waals surface area contributed by atoms with Crippen molar-refractivity contribution in [2.45, 2.75) is 12.7 Å². The van der Waals surface area contributed by atoms with Gasteiger partial charge in [0.2, 0.25) is 0 Å². The molecule has 2 aromatic carbocycles. The molecule has 2 rings (SSSR count). The average Bonchev–Trinajstić information content (AvgIpc) is 2.46. The summed E-state index contributed by atoms with van der Waals surface area (Å²) in [7, 11) is 1.58. The summed E-state index contributed by atoms with van der Waals surface area (Å²) in [5.74, 6) is 0.724. The highest BCUT2D eigenvalue weighted by molar-refractivity contribution is 9.10. The number of hydrogen-bond donors (Lipinski definition) is 1. The zero-order valence-corrected chi connectivity index (χ0v) is 12.8. The molecule has 2 aromatic rings. The minimum Gasteiger partial charge on any atom is -0.497 e. The molecule has 0 saturated heterocycles. The van der Waals surface area contributed by atoms with E-state index in [9.17, 15) is 13.2 Å². The van der Waals surface area contributed by atoms with E-state index in [-0.39, 0.29) is 0 Å². The molecule has 0 bridgehead atoms. The molecule has 2 nitrogen and oxygen atoms in total. The van der Waals surface area contributed by atoms with Gasteiger partial charge in [0.25, 0.3) is 0 Å². The highest BCUT2D eigenvalue weighted by Crippen LogP contribution is 2.30. The van der Waals surface area contributed by atoms with Crippen molar-refractivity contribution in [3.63, 3.8) is 0 Å². The van der Waals surface area contributed by atoms with E-state index in [1.165, 1.54) is 12.1 Å². The van der Waals surface area contributed by atoms with Crippen LogP contribution in [0.1, 0.15) is 11.1 Å². The Morgan fingerprint density at radius 2 is 1.76 bits per heavy atom. The van der Waals surface area contributed by atoms with Gasteiger partial charge in [0, 0.05) is 16.7 Å². The van der Waals surface area contributed by atoms with Gasteiger partial charge in [-0.1, -0.05) is 15.9 Å². The maximum absolute atomic E-state index is 12.5. The van der Waals surface area contributed by atoms with Crippen molar-refractivity contribution in [3.8, 4) is 5.75 Å². The van der Waals surface area contributed by atoms with Crippen LogP contribution in [-0.2, 0) is 12.7 Å². The summed E-state index contributed by atoms with van der Waals surface area (Å²) in [6.45, 7) is 0.475. The van der Waals surface area contributed by atoms with Crippen LogP contribution in [0.15, 0.2) is 46.9 Å². The Bertz CT molecular complexity index is 611. The van der Waals surface area contributed by atoms with Gasteiger partial charge < -0.3 is 10.1 Å². The number of nitrogens with one attached hydrogen (secondary N) is 1. The molecule has 0 unspecified atom stereocenters. The molecule has 6 heteroatoms. The van der Waals surface area contributed by atoms with Crippen molar-refractivity contribution in [1.29, 1.82) is 0 Å². The number of anilines is 1. The molecular formula is C15H13BrF3NO. The molecule has 0 aliphatic rings. The predicted molar refractivity (Wildman–Crippen MR) is 79.5 cm³/mol. The van der Waals surface area contributed by atoms with Crippen molar-refractivity contribution in [2.75, 3.05) is 12.4 Å². The maximum atomic E-state index is 12.5. The van der Waals surface area contributed by atoms with Gasteiger partial charge in [-0.3, -0.25) is 0 Å². The van der Waals surface area contributed by atoms with Crippen molar-refractivity contribution >= 4 is 21.6 Å². The van der Waals surface area contributed by atoms with E-state index in [1.54, 1.807) is 7.11 Å². The fourth-order valence-corrected chi connectivity index (χ4v) is 2.17. The SMILES string of the molecule is COc1ccc(Br)c(CNc2ccc(C(F)(F)F)cc2)c1. The molecule has 0 aliphatic heterocycles. The molecule has 1 N–H and O–H groups in total. The van der Waals surface area contributed by atoms with Crippen LogP contribution < -0.4 is 10.1 Å². The summed E-state index contributed by atoms with van der Waals surface area (Å²) in [5, 5.41) is 3.08. The first-order valence-corrected chi connectivity index (χ1v) is 6.93. The van der Waals surface area contributed by atoms with Crippen LogP contribution in [0.3, 0.4) is 0 Å². The van der Waals surface area contributed by atoms with Crippen LogP contribution in [0.25, 0.3) is 0 Å². The van der Waals surface area contributed by atoms with Gasteiger partial charge in [-0.2, -0.15) is 13.2 Å². The molecular weight excluding hydrogens is 347 g/mol. The molecule has 0 spiro atoms. The van der Waals surface area contributed by atoms with Crippen molar-refractivity contribution < 1.29 is 17.9 Å². The monoisotopic (exact) mass is 359 g/mol. The van der Waals surface area contributed by atoms with Crippen LogP contribution >= 0.6 is 15.9 Å². The summed E-state index contributed by atoms with van der Waals surface area (Å²) in [5.41, 5.74) is 0.919. The van der Waals surface area contributed by atoms with Gasteiger partial charge in [0.15, 0.2) is 0 Å². The first-order valence-electron chi connectivity index (χ1n) is 6.13. The van der Waals surface area contributed by atoms with Crippen LogP contribution in [0.2, 0.25) is 0 Å². The van der Waals surface area contributed by atoms with Gasteiger partial charge in [-0.25, -0.2) is 0 Å². The lowest BCUT2D eigenvalue weighted by Crippen LogP contribution is -2.05. The van der Waals surface area contributed by atoms with Gasteiger partial charge in [0.05, 0.1) is 12.7 Å². The topological polar surface area (TPSA) is 21.3 Å². The molecule has 0 saturated carbocycles. The normalized spacial score (nSPS) is 11.3. The van der Waals surface area contributed by atoms with Crippen LogP contribution in [0, 0.1) is 0 Å². The lowest BCUT2D eigenvalue weighted by atomic mass is 10.2. The predicted octanol–water partition coefficient (Wildman–Crippen LogP) is 5.09. The maximum Gasteiger partial charge on any atom is 0.416 e. The van der Waals surface area contributed by atoms with Crippen LogP contribution in [-0.4, -0.2) is 7.11 Å². The smallest absolute Gasteiger partial charge is 0.416 e. The molecule has 0 aromatic heterocycles. The van der Waals surface area contributed by atoms with E-state index in [2.05, 4.69) is 21.2 Å². The van der Waals surface area contributed by atoms with E-state index in [4.69, 9.17) is 4.74 Å². The van der Waals surface area contributed by atoms with E-state index in [0.717, 1.165) is 27.9 Å². The Morgan fingerprint density at radius 1 is 1.10 bits per heavy atom. The minimum absolute atomic E-state index is 0.475. The van der Waals surface area contributed by atoms with Crippen LogP contribution in [0.5, 0.6) is 5.75 Å². The second kappa shape index (κ2) is 6.39. The van der Waals surface area contributed by atoms with Gasteiger partial charge in [-0.05, 0) is 48.0 Å². The average molecular weight is 360 g/mol. The second-order valence-corrected chi connectivity index (χ2v) is 5.24. The van der Waals surface area contributed by atoms with Gasteiger partial charge in [0.1, 0.15) is 5.75 Å². The molecule has 0 heterocycles. The zero-order valence-electron chi connectivity index (χ0n) is 11.2. The summed E-state index contributed by atoms with van der Waals surface area (Å²) < 4.78 is 43.4. The number of ether oxygens (including phenoxy) is 1. The van der Waals surface area contributed by atoms with E-state index in [0.29, 0.717) is 12.2 Å². The molecule has 21 heavy (non-hydrogen) atoms. The second-order valence-electron chi connectivity index (χ2n) is 4.39. The van der Waals surface area contributed by atoms with Crippen molar-refractivity contribution in [2.24, 2.45) is 0 Å². The number of rotatable bonds is 4. The van der Waals surface area contributed by atoms with Crippen molar-refractivity contribution in [1.82, 2.24) is 0 Å². The van der Waals surface area contributed by atoms with E-state index < -0.39 is 11.7 Å². The summed E-state index contributed by atoms with van der Waals surface area (Å²) in [4.78, 5) is 0. The zero-order chi connectivity index (χ0) is 15.5. The minimum atomic E-state index is -4.31. The molecule has 0 fully saturated rings. The highest BCUT2D eigenvalue weighted by Gasteiger charge is 2.29. The third-order valence-electron chi connectivity index (χ3n) is 2.95. The third kappa shape index (κ3) is 4.14. The van der Waals surface area contributed by atoms with Gasteiger partial charge >= 0.3 is 6.18 Å². The van der Waals surface area contributed by atoms with Crippen molar-refractivity contribution in [3.05, 3.63) is 58.1 Å². The standard InChI is InChI=1S/C15H13BrF3NO/c1-21-13-6-7-14(16)10(8-13)9-20-12-4-2-11(3-5-12)15(17,18)19/h2-8,20H,9H2,1H3. The van der Waals surface area contributed by atoms with Crippen LogP contribution in [0.4, 0.5) is 18.9 Å². The number of methoxy groups -OCH3 is 1. The summed E-state index contributed by atoms with van der Waals surface area (Å²) in [6.07, 6.45) is -4.31. The van der Waals surface area contributed by atoms with E-state index >= 15 is 0 Å². The highest BCUT2D eigenvalue weighted by atomic mass is 79.9. The Morgan fingerprint density at radius 3 is 2.33 bits per heavy atom. The summed E-state index contributed by atoms with van der Waals surface area (Å²) in [6, 6.07) is 10.5. The Kier molecular flexibility index (Phi) is 4.77. The fraction of sp³-hybridized carbons (Fsp3) is 0.200. The first-order chi connectivity index (χ1) is 9.90. The Balaban J connectivity index is 2.06. The number of hydrogen-bond acceptors (Lipinski definition) is 2. The number of alkyl halides is 3. The van der Waals surface area contributed by atoms with E-state index in [1.807, 2.05) is 18.2 Å². The van der Waals surface area contributed by atoms with Gasteiger partial charge in [-0.15, -0.1) is 0 Å². The first kappa shape index (κ1) is 15.7. The lowest BCUT2D eigenvalue weighted by molar-refractivity contribution is -0.137. The third-order valence-corrected chi connectivity index (χ3v) is 3.72. The Hall–Kier alpha value is -1.69. The molecule has 0 aliphatic carbocycles. The molecule has 0 atom stereocenters. The molecule has 112 valence electrons. The number of benzene rings is 2. The number of halogens is 4. The fourth-order valence-electron chi connectivity index (χ4n) is 1.79. The summed E-state index contributed by atoms with van der Waals surface area (Å²) >= 11 is 3.43. The quantitative estimate of drug-likeness (QED) is 0.820. The molecule has 0 radical (unpaired) electrons. The lowest BCUT2D eigenvalue weighted by Gasteiger charge is -2.11.